The van der Waals surface area contributed by atoms with Crippen LogP contribution in [0.5, 0.6) is 0 Å². The number of anilines is 1. The van der Waals surface area contributed by atoms with E-state index < -0.39 is 0 Å². The van der Waals surface area contributed by atoms with Gasteiger partial charge in [-0.3, -0.25) is 0 Å². The normalized spacial score (nSPS) is 23.2. The highest BCUT2D eigenvalue weighted by Gasteiger charge is 2.20. The maximum absolute atomic E-state index is 5.57. The predicted octanol–water partition coefficient (Wildman–Crippen LogP) is -0.178. The minimum Gasteiger partial charge on any atom is -0.368 e. The summed E-state index contributed by atoms with van der Waals surface area (Å²) >= 11 is 0. The quantitative estimate of drug-likeness (QED) is 0.609. The molecule has 5 nitrogen and oxygen atoms in total. The lowest BCUT2D eigenvalue weighted by atomic mass is 10.2. The van der Waals surface area contributed by atoms with Crippen molar-refractivity contribution < 1.29 is 0 Å². The molecule has 0 spiro atoms. The summed E-state index contributed by atoms with van der Waals surface area (Å²) in [5.41, 5.74) is 5.57. The van der Waals surface area contributed by atoms with Crippen LogP contribution < -0.4 is 11.1 Å². The van der Waals surface area contributed by atoms with Crippen molar-refractivity contribution in [3.8, 4) is 0 Å². The van der Waals surface area contributed by atoms with Crippen LogP contribution in [-0.2, 0) is 7.05 Å². The molecular weight excluding hydrogens is 154 g/mol. The van der Waals surface area contributed by atoms with Gasteiger partial charge in [0.2, 0.25) is 5.95 Å². The topological polar surface area (TPSA) is 68.8 Å². The zero-order valence-corrected chi connectivity index (χ0v) is 7.12. The van der Waals surface area contributed by atoms with Crippen LogP contribution in [0.3, 0.4) is 0 Å². The van der Waals surface area contributed by atoms with Crippen molar-refractivity contribution >= 4 is 5.95 Å². The van der Waals surface area contributed by atoms with Gasteiger partial charge in [0.15, 0.2) is 5.82 Å². The van der Waals surface area contributed by atoms with Crippen molar-refractivity contribution in [2.45, 2.75) is 18.9 Å². The Morgan fingerprint density at radius 1 is 1.67 bits per heavy atom. The number of hydrogen-bond donors (Lipinski definition) is 2. The molecule has 0 aromatic carbocycles. The molecule has 1 aliphatic rings. The fourth-order valence-electron chi connectivity index (χ4n) is 1.47. The minimum absolute atomic E-state index is 0.313. The van der Waals surface area contributed by atoms with Crippen molar-refractivity contribution in [1.82, 2.24) is 20.1 Å². The second-order valence-corrected chi connectivity index (χ2v) is 3.10. The second kappa shape index (κ2) is 2.75. The van der Waals surface area contributed by atoms with E-state index in [0.29, 0.717) is 12.0 Å². The molecule has 0 aliphatic carbocycles. The molecule has 1 aromatic heterocycles. The van der Waals surface area contributed by atoms with Crippen LogP contribution in [-0.4, -0.2) is 21.3 Å². The van der Waals surface area contributed by atoms with Gasteiger partial charge in [-0.2, -0.15) is 10.1 Å². The van der Waals surface area contributed by atoms with E-state index in [-0.39, 0.29) is 0 Å². The first-order valence-corrected chi connectivity index (χ1v) is 4.17. The van der Waals surface area contributed by atoms with Gasteiger partial charge in [-0.25, -0.2) is 4.68 Å². The molecule has 5 heteroatoms. The first-order chi connectivity index (χ1) is 5.77. The summed E-state index contributed by atoms with van der Waals surface area (Å²) in [6, 6.07) is 0.313. The average Bonchev–Trinajstić information content (AvgIpc) is 2.61. The van der Waals surface area contributed by atoms with Crippen LogP contribution in [0.25, 0.3) is 0 Å². The Bertz CT molecular complexity index is 254. The Morgan fingerprint density at radius 3 is 3.00 bits per heavy atom. The number of nitrogen functional groups attached to an aromatic ring is 1. The average molecular weight is 167 g/mol. The fourth-order valence-corrected chi connectivity index (χ4v) is 1.47. The molecule has 3 N–H and O–H groups in total. The van der Waals surface area contributed by atoms with Gasteiger partial charge in [-0.1, -0.05) is 0 Å². The Morgan fingerprint density at radius 2 is 2.50 bits per heavy atom. The number of nitrogens with zero attached hydrogens (tertiary/aromatic N) is 3. The SMILES string of the molecule is Cn1nc([C@@H]2CCCN2)nc1N. The smallest absolute Gasteiger partial charge is 0.218 e. The molecule has 66 valence electrons. The molecule has 2 rings (SSSR count). The standard InChI is InChI=1S/C7H13N5/c1-12-7(8)10-6(11-12)5-3-2-4-9-5/h5,9H,2-4H2,1H3,(H2,8,10,11)/t5-/m0/s1. The van der Waals surface area contributed by atoms with Crippen LogP contribution in [0.4, 0.5) is 5.95 Å². The summed E-state index contributed by atoms with van der Waals surface area (Å²) in [7, 11) is 1.81. The Kier molecular flexibility index (Phi) is 1.73. The minimum atomic E-state index is 0.313. The summed E-state index contributed by atoms with van der Waals surface area (Å²) < 4.78 is 1.61. The molecule has 0 amide bonds. The monoisotopic (exact) mass is 167 g/mol. The molecule has 12 heavy (non-hydrogen) atoms. The number of nitrogens with two attached hydrogens (primary N) is 1. The lowest BCUT2D eigenvalue weighted by molar-refractivity contribution is 0.595. The fraction of sp³-hybridized carbons (Fsp3) is 0.714. The van der Waals surface area contributed by atoms with Crippen LogP contribution >= 0.6 is 0 Å². The van der Waals surface area contributed by atoms with Crippen molar-refractivity contribution in [2.24, 2.45) is 7.05 Å². The van der Waals surface area contributed by atoms with Crippen molar-refractivity contribution in [1.29, 1.82) is 0 Å². The Balaban J connectivity index is 2.21. The molecule has 1 aliphatic heterocycles. The zero-order valence-electron chi connectivity index (χ0n) is 7.12. The van der Waals surface area contributed by atoms with Crippen LogP contribution in [0, 0.1) is 0 Å². The first kappa shape index (κ1) is 7.54. The first-order valence-electron chi connectivity index (χ1n) is 4.17. The molecule has 0 saturated carbocycles. The maximum Gasteiger partial charge on any atom is 0.218 e. The zero-order chi connectivity index (χ0) is 8.55. The highest BCUT2D eigenvalue weighted by atomic mass is 15.4. The van der Waals surface area contributed by atoms with E-state index in [1.807, 2.05) is 0 Å². The van der Waals surface area contributed by atoms with Crippen molar-refractivity contribution in [2.75, 3.05) is 12.3 Å². The maximum atomic E-state index is 5.57. The number of rotatable bonds is 1. The van der Waals surface area contributed by atoms with E-state index >= 15 is 0 Å². The van der Waals surface area contributed by atoms with Gasteiger partial charge in [0.05, 0.1) is 6.04 Å². The van der Waals surface area contributed by atoms with Gasteiger partial charge < -0.3 is 11.1 Å². The van der Waals surface area contributed by atoms with E-state index in [1.165, 1.54) is 6.42 Å². The Hall–Kier alpha value is -1.10. The third-order valence-electron chi connectivity index (χ3n) is 2.19. The summed E-state index contributed by atoms with van der Waals surface area (Å²) in [5.74, 6) is 1.31. The molecular formula is C7H13N5. The van der Waals surface area contributed by atoms with Crippen LogP contribution in [0.2, 0.25) is 0 Å². The number of aromatic nitrogens is 3. The van der Waals surface area contributed by atoms with Crippen molar-refractivity contribution in [3.63, 3.8) is 0 Å². The third-order valence-corrected chi connectivity index (χ3v) is 2.19. The highest BCUT2D eigenvalue weighted by Crippen LogP contribution is 2.19. The van der Waals surface area contributed by atoms with Gasteiger partial charge in [-0.05, 0) is 19.4 Å². The molecule has 1 saturated heterocycles. The van der Waals surface area contributed by atoms with Crippen LogP contribution in [0.15, 0.2) is 0 Å². The summed E-state index contributed by atoms with van der Waals surface area (Å²) in [6.45, 7) is 1.06. The van der Waals surface area contributed by atoms with E-state index in [0.717, 1.165) is 18.8 Å². The molecule has 0 unspecified atom stereocenters. The highest BCUT2D eigenvalue weighted by molar-refractivity contribution is 5.17. The van der Waals surface area contributed by atoms with Gasteiger partial charge >= 0.3 is 0 Å². The summed E-state index contributed by atoms with van der Waals surface area (Å²) in [6.07, 6.45) is 2.31. The van der Waals surface area contributed by atoms with E-state index in [2.05, 4.69) is 15.4 Å². The number of aryl methyl sites for hydroxylation is 1. The predicted molar refractivity (Wildman–Crippen MR) is 45.4 cm³/mol. The summed E-state index contributed by atoms with van der Waals surface area (Å²) in [5, 5.41) is 7.53. The molecule has 0 bridgehead atoms. The number of nitrogens with one attached hydrogen (secondary N) is 1. The lowest BCUT2D eigenvalue weighted by Gasteiger charge is -2.02. The van der Waals surface area contributed by atoms with Gasteiger partial charge in [0.25, 0.3) is 0 Å². The largest absolute Gasteiger partial charge is 0.368 e. The van der Waals surface area contributed by atoms with E-state index in [9.17, 15) is 0 Å². The lowest BCUT2D eigenvalue weighted by Crippen LogP contribution is -2.14. The van der Waals surface area contributed by atoms with Gasteiger partial charge in [0.1, 0.15) is 0 Å². The molecule has 0 radical (unpaired) electrons. The van der Waals surface area contributed by atoms with Crippen LogP contribution in [0.1, 0.15) is 24.7 Å². The molecule has 1 aromatic rings. The second-order valence-electron chi connectivity index (χ2n) is 3.10. The van der Waals surface area contributed by atoms with Gasteiger partial charge in [0, 0.05) is 7.05 Å². The van der Waals surface area contributed by atoms with E-state index in [4.69, 9.17) is 5.73 Å². The summed E-state index contributed by atoms with van der Waals surface area (Å²) in [4.78, 5) is 4.16. The number of hydrogen-bond acceptors (Lipinski definition) is 4. The molecule has 1 atom stereocenters. The van der Waals surface area contributed by atoms with Crippen molar-refractivity contribution in [3.05, 3.63) is 5.82 Å². The van der Waals surface area contributed by atoms with Gasteiger partial charge in [-0.15, -0.1) is 0 Å². The third kappa shape index (κ3) is 1.16. The molecule has 2 heterocycles. The molecule has 1 fully saturated rings. The van der Waals surface area contributed by atoms with E-state index in [1.54, 1.807) is 11.7 Å². The Labute approximate surface area is 71.0 Å².